The molecule has 22 heavy (non-hydrogen) atoms. The molecule has 4 heteroatoms. The van der Waals surface area contributed by atoms with Gasteiger partial charge in [0.25, 0.3) is 6.17 Å². The first-order chi connectivity index (χ1) is 10.6. The van der Waals surface area contributed by atoms with Gasteiger partial charge in [-0.15, -0.1) is 0 Å². The van der Waals surface area contributed by atoms with E-state index in [-0.39, 0.29) is 12.4 Å². The van der Waals surface area contributed by atoms with Crippen molar-refractivity contribution >= 4 is 0 Å². The number of hydrogen-bond donors (Lipinski definition) is 0. The molecule has 2 rings (SSSR count). The van der Waals surface area contributed by atoms with Gasteiger partial charge in [-0.2, -0.15) is 4.39 Å². The highest BCUT2D eigenvalue weighted by Crippen LogP contribution is 2.33. The van der Waals surface area contributed by atoms with Crippen molar-refractivity contribution in [2.24, 2.45) is 0 Å². The quantitative estimate of drug-likeness (QED) is 0.524. The molecule has 1 fully saturated rings. The maximum absolute atomic E-state index is 13.7. The Morgan fingerprint density at radius 1 is 1.18 bits per heavy atom. The van der Waals surface area contributed by atoms with Gasteiger partial charge in [0.05, 0.1) is 20.1 Å². The van der Waals surface area contributed by atoms with Gasteiger partial charge in [-0.05, 0) is 38.0 Å². The Balaban J connectivity index is 1.98. The van der Waals surface area contributed by atoms with Crippen molar-refractivity contribution in [3.63, 3.8) is 0 Å². The minimum atomic E-state index is -1.10. The number of hydrogen-bond acceptors (Lipinski definition) is 3. The molecule has 1 aliphatic carbocycles. The number of ether oxygens (including phenoxy) is 3. The summed E-state index contributed by atoms with van der Waals surface area (Å²) in [4.78, 5) is 0. The van der Waals surface area contributed by atoms with Crippen LogP contribution < -0.4 is 9.47 Å². The summed E-state index contributed by atoms with van der Waals surface area (Å²) in [6, 6.07) is 5.13. The van der Waals surface area contributed by atoms with Gasteiger partial charge in [0, 0.05) is 5.56 Å². The molecule has 0 radical (unpaired) electrons. The summed E-state index contributed by atoms with van der Waals surface area (Å²) >= 11 is 0. The van der Waals surface area contributed by atoms with E-state index in [0.717, 1.165) is 12.8 Å². The maximum Gasteiger partial charge on any atom is 0.260 e. The lowest BCUT2D eigenvalue weighted by atomic mass is 9.98. The Morgan fingerprint density at radius 2 is 1.91 bits per heavy atom. The molecular formula is C18H26FO3+. The monoisotopic (exact) mass is 309 g/mol. The summed E-state index contributed by atoms with van der Waals surface area (Å²) in [6.07, 6.45) is 6.27. The maximum atomic E-state index is 13.7. The van der Waals surface area contributed by atoms with E-state index in [0.29, 0.717) is 17.1 Å². The minimum Gasteiger partial charge on any atom is -0.493 e. The van der Waals surface area contributed by atoms with Crippen molar-refractivity contribution in [3.8, 4) is 11.5 Å². The summed E-state index contributed by atoms with van der Waals surface area (Å²) in [5, 5.41) is 0. The van der Waals surface area contributed by atoms with Gasteiger partial charge < -0.3 is 14.2 Å². The highest BCUT2D eigenvalue weighted by atomic mass is 19.1. The average molecular weight is 309 g/mol. The molecule has 1 aromatic rings. The van der Waals surface area contributed by atoms with Gasteiger partial charge in [0.1, 0.15) is 6.42 Å². The van der Waals surface area contributed by atoms with E-state index >= 15 is 0 Å². The normalized spacial score (nSPS) is 18.5. The van der Waals surface area contributed by atoms with Gasteiger partial charge in [-0.25, -0.2) is 0 Å². The third-order valence-corrected chi connectivity index (χ3v) is 4.03. The Labute approximate surface area is 132 Å². The minimum absolute atomic E-state index is 0.277. The summed E-state index contributed by atoms with van der Waals surface area (Å²) < 4.78 is 30.8. The van der Waals surface area contributed by atoms with Crippen LogP contribution in [0.3, 0.4) is 0 Å². The van der Waals surface area contributed by atoms with E-state index in [9.17, 15) is 4.39 Å². The zero-order chi connectivity index (χ0) is 15.9. The molecule has 3 nitrogen and oxygen atoms in total. The Kier molecular flexibility index (Phi) is 6.37. The molecule has 0 heterocycles. The van der Waals surface area contributed by atoms with Crippen LogP contribution in [-0.2, 0) is 4.74 Å². The molecule has 0 aliphatic heterocycles. The topological polar surface area (TPSA) is 27.7 Å². The highest BCUT2D eigenvalue weighted by Gasteiger charge is 2.20. The predicted octanol–water partition coefficient (Wildman–Crippen LogP) is 5.00. The molecule has 0 amide bonds. The van der Waals surface area contributed by atoms with Crippen LogP contribution in [0.25, 0.3) is 0 Å². The summed E-state index contributed by atoms with van der Waals surface area (Å²) in [5.41, 5.74) is 0.563. The van der Waals surface area contributed by atoms with Crippen molar-refractivity contribution in [2.75, 3.05) is 7.11 Å². The fraction of sp³-hybridized carbons (Fsp3) is 0.611. The first-order valence-electron chi connectivity index (χ1n) is 8.07. The van der Waals surface area contributed by atoms with Crippen LogP contribution in [0.2, 0.25) is 0 Å². The number of rotatable bonds is 7. The van der Waals surface area contributed by atoms with Crippen LogP contribution in [0, 0.1) is 6.42 Å². The first-order valence-corrected chi connectivity index (χ1v) is 8.07. The van der Waals surface area contributed by atoms with Gasteiger partial charge in [-0.3, -0.25) is 0 Å². The highest BCUT2D eigenvalue weighted by molar-refractivity contribution is 5.44. The van der Waals surface area contributed by atoms with E-state index in [4.69, 9.17) is 14.2 Å². The molecule has 1 aromatic carbocycles. The van der Waals surface area contributed by atoms with Gasteiger partial charge in [0.2, 0.25) is 0 Å². The molecular weight excluding hydrogens is 283 g/mol. The SMILES string of the molecule is C[CH+]C(F)c1ccc(OC(C)OC2CCCCC2)c(OC)c1. The largest absolute Gasteiger partial charge is 0.493 e. The zero-order valence-electron chi connectivity index (χ0n) is 13.7. The number of alkyl halides is 1. The van der Waals surface area contributed by atoms with Crippen molar-refractivity contribution in [3.05, 3.63) is 30.2 Å². The van der Waals surface area contributed by atoms with Crippen molar-refractivity contribution in [2.45, 2.75) is 64.5 Å². The predicted molar refractivity (Wildman–Crippen MR) is 84.9 cm³/mol. The Morgan fingerprint density at radius 3 is 2.55 bits per heavy atom. The zero-order valence-corrected chi connectivity index (χ0v) is 13.7. The van der Waals surface area contributed by atoms with E-state index in [1.807, 2.05) is 6.92 Å². The molecule has 0 bridgehead atoms. The Bertz CT molecular complexity index is 458. The average Bonchev–Trinajstić information content (AvgIpc) is 2.55. The second-order valence-electron chi connectivity index (χ2n) is 5.73. The fourth-order valence-corrected chi connectivity index (χ4v) is 2.82. The summed E-state index contributed by atoms with van der Waals surface area (Å²) in [6.45, 7) is 3.58. The lowest BCUT2D eigenvalue weighted by Crippen LogP contribution is -2.26. The standard InChI is InChI=1S/C18H26FO3/c1-4-16(19)14-10-11-17(18(12-14)20-3)22-13(2)21-15-8-6-5-7-9-15/h4,10-13,15-16H,5-9H2,1-3H3/q+1. The van der Waals surface area contributed by atoms with Gasteiger partial charge >= 0.3 is 0 Å². The van der Waals surface area contributed by atoms with Gasteiger partial charge in [0.15, 0.2) is 17.8 Å². The second kappa shape index (κ2) is 8.28. The molecule has 122 valence electrons. The van der Waals surface area contributed by atoms with Crippen LogP contribution in [-0.4, -0.2) is 19.5 Å². The van der Waals surface area contributed by atoms with Crippen molar-refractivity contribution < 1.29 is 18.6 Å². The van der Waals surface area contributed by atoms with Crippen LogP contribution in [0.15, 0.2) is 18.2 Å². The molecule has 0 N–H and O–H groups in total. The van der Waals surface area contributed by atoms with Crippen LogP contribution >= 0.6 is 0 Å². The van der Waals surface area contributed by atoms with Crippen molar-refractivity contribution in [1.82, 2.24) is 0 Å². The second-order valence-corrected chi connectivity index (χ2v) is 5.73. The third kappa shape index (κ3) is 4.54. The summed E-state index contributed by atoms with van der Waals surface area (Å²) in [7, 11) is 1.56. The van der Waals surface area contributed by atoms with E-state index in [1.165, 1.54) is 25.7 Å². The smallest absolute Gasteiger partial charge is 0.260 e. The summed E-state index contributed by atoms with van der Waals surface area (Å²) in [5.74, 6) is 1.11. The molecule has 0 aromatic heterocycles. The number of halogens is 1. The third-order valence-electron chi connectivity index (χ3n) is 4.03. The molecule has 1 aliphatic rings. The van der Waals surface area contributed by atoms with E-state index in [2.05, 4.69) is 0 Å². The van der Waals surface area contributed by atoms with Crippen molar-refractivity contribution in [1.29, 1.82) is 0 Å². The van der Waals surface area contributed by atoms with Crippen LogP contribution in [0.1, 0.15) is 57.7 Å². The lowest BCUT2D eigenvalue weighted by Gasteiger charge is -2.26. The molecule has 0 spiro atoms. The van der Waals surface area contributed by atoms with E-state index in [1.54, 1.807) is 32.2 Å². The van der Waals surface area contributed by atoms with Gasteiger partial charge in [-0.1, -0.05) is 19.3 Å². The lowest BCUT2D eigenvalue weighted by molar-refractivity contribution is -0.117. The first kappa shape index (κ1) is 16.9. The Hall–Kier alpha value is -1.42. The fourth-order valence-electron chi connectivity index (χ4n) is 2.82. The van der Waals surface area contributed by atoms with Crippen LogP contribution in [0.5, 0.6) is 11.5 Å². The molecule has 1 saturated carbocycles. The number of methoxy groups -OCH3 is 1. The number of benzene rings is 1. The molecule has 2 atom stereocenters. The molecule has 2 unspecified atom stereocenters. The van der Waals surface area contributed by atoms with Crippen LogP contribution in [0.4, 0.5) is 4.39 Å². The molecule has 0 saturated heterocycles. The van der Waals surface area contributed by atoms with E-state index < -0.39 is 6.17 Å².